The molecule has 0 aliphatic carbocycles. The smallest absolute Gasteiger partial charge is 0.282 e. The average molecular weight is 423 g/mol. The Bertz CT molecular complexity index is 1140. The second kappa shape index (κ2) is 7.74. The number of anilines is 2. The van der Waals surface area contributed by atoms with E-state index < -0.39 is 11.8 Å². The molecule has 0 bridgehead atoms. The fourth-order valence-electron chi connectivity index (χ4n) is 3.16. The van der Waals surface area contributed by atoms with E-state index in [2.05, 4.69) is 5.32 Å². The minimum Gasteiger partial charge on any atom is -0.350 e. The largest absolute Gasteiger partial charge is 0.350 e. The predicted molar refractivity (Wildman–Crippen MR) is 117 cm³/mol. The second-order valence-electron chi connectivity index (χ2n) is 6.63. The molecule has 0 saturated heterocycles. The van der Waals surface area contributed by atoms with Crippen molar-refractivity contribution in [1.29, 1.82) is 0 Å². The SMILES string of the molecule is Cc1ccc(NC2=C(c3ccccc3)C(=O)N(c3ccc(Cl)cc3)C2=O)cc1Cl. The quantitative estimate of drug-likeness (QED) is 0.548. The van der Waals surface area contributed by atoms with Crippen molar-refractivity contribution in [2.45, 2.75) is 6.92 Å². The van der Waals surface area contributed by atoms with Crippen LogP contribution in [0.5, 0.6) is 0 Å². The lowest BCUT2D eigenvalue weighted by Crippen LogP contribution is -2.32. The van der Waals surface area contributed by atoms with E-state index in [9.17, 15) is 9.59 Å². The maximum atomic E-state index is 13.3. The van der Waals surface area contributed by atoms with Crippen molar-refractivity contribution < 1.29 is 9.59 Å². The van der Waals surface area contributed by atoms with E-state index in [0.717, 1.165) is 10.5 Å². The predicted octanol–water partition coefficient (Wildman–Crippen LogP) is 5.70. The molecule has 4 rings (SSSR count). The molecule has 0 fully saturated rings. The van der Waals surface area contributed by atoms with Gasteiger partial charge in [0.1, 0.15) is 5.70 Å². The van der Waals surface area contributed by atoms with Crippen LogP contribution in [0.4, 0.5) is 11.4 Å². The Labute approximate surface area is 178 Å². The van der Waals surface area contributed by atoms with Crippen molar-refractivity contribution in [3.63, 3.8) is 0 Å². The van der Waals surface area contributed by atoms with Gasteiger partial charge in [0, 0.05) is 15.7 Å². The number of nitrogens with zero attached hydrogens (tertiary/aromatic N) is 1. The molecule has 6 heteroatoms. The average Bonchev–Trinajstić information content (AvgIpc) is 2.96. The Hall–Kier alpha value is -3.08. The van der Waals surface area contributed by atoms with Gasteiger partial charge in [0.15, 0.2) is 0 Å². The van der Waals surface area contributed by atoms with Gasteiger partial charge in [0.05, 0.1) is 11.3 Å². The van der Waals surface area contributed by atoms with Crippen molar-refractivity contribution in [3.8, 4) is 0 Å². The first-order valence-corrected chi connectivity index (χ1v) is 9.68. The van der Waals surface area contributed by atoms with Crippen molar-refractivity contribution in [1.82, 2.24) is 0 Å². The van der Waals surface area contributed by atoms with Crippen LogP contribution >= 0.6 is 23.2 Å². The normalized spacial score (nSPS) is 14.0. The summed E-state index contributed by atoms with van der Waals surface area (Å²) in [6, 6.07) is 21.1. The van der Waals surface area contributed by atoms with E-state index in [1.165, 1.54) is 0 Å². The van der Waals surface area contributed by atoms with Crippen LogP contribution in [0.3, 0.4) is 0 Å². The van der Waals surface area contributed by atoms with Crippen LogP contribution < -0.4 is 10.2 Å². The monoisotopic (exact) mass is 422 g/mol. The van der Waals surface area contributed by atoms with E-state index in [4.69, 9.17) is 23.2 Å². The van der Waals surface area contributed by atoms with Crippen LogP contribution in [0.2, 0.25) is 10.0 Å². The molecule has 0 aromatic heterocycles. The van der Waals surface area contributed by atoms with Crippen molar-refractivity contribution in [2.75, 3.05) is 10.2 Å². The molecular weight excluding hydrogens is 407 g/mol. The summed E-state index contributed by atoms with van der Waals surface area (Å²) in [6.07, 6.45) is 0. The molecule has 1 aliphatic rings. The zero-order valence-electron chi connectivity index (χ0n) is 15.4. The van der Waals surface area contributed by atoms with Gasteiger partial charge in [-0.3, -0.25) is 9.59 Å². The zero-order chi connectivity index (χ0) is 20.5. The van der Waals surface area contributed by atoms with Gasteiger partial charge in [-0.05, 0) is 54.4 Å². The number of hydrogen-bond acceptors (Lipinski definition) is 3. The van der Waals surface area contributed by atoms with Crippen LogP contribution in [0.15, 0.2) is 78.5 Å². The summed E-state index contributed by atoms with van der Waals surface area (Å²) in [7, 11) is 0. The third kappa shape index (κ3) is 3.65. The number of aryl methyl sites for hydroxylation is 1. The minimum absolute atomic E-state index is 0.205. The van der Waals surface area contributed by atoms with Crippen LogP contribution in [0.25, 0.3) is 5.57 Å². The molecule has 0 spiro atoms. The van der Waals surface area contributed by atoms with Gasteiger partial charge in [-0.15, -0.1) is 0 Å². The summed E-state index contributed by atoms with van der Waals surface area (Å²) in [6.45, 7) is 1.90. The molecule has 0 unspecified atom stereocenters. The highest BCUT2D eigenvalue weighted by molar-refractivity contribution is 6.46. The molecule has 0 atom stereocenters. The van der Waals surface area contributed by atoms with Crippen LogP contribution in [-0.2, 0) is 9.59 Å². The summed E-state index contributed by atoms with van der Waals surface area (Å²) in [5, 5.41) is 4.20. The number of amides is 2. The van der Waals surface area contributed by atoms with E-state index in [-0.39, 0.29) is 5.70 Å². The Balaban J connectivity index is 1.81. The molecule has 1 heterocycles. The van der Waals surface area contributed by atoms with Crippen molar-refractivity contribution in [2.24, 2.45) is 0 Å². The Morgan fingerprint density at radius 2 is 1.52 bits per heavy atom. The topological polar surface area (TPSA) is 49.4 Å². The van der Waals surface area contributed by atoms with E-state index in [1.807, 2.05) is 37.3 Å². The van der Waals surface area contributed by atoms with Crippen LogP contribution in [0, 0.1) is 6.92 Å². The highest BCUT2D eigenvalue weighted by Crippen LogP contribution is 2.34. The number of hydrogen-bond donors (Lipinski definition) is 1. The highest BCUT2D eigenvalue weighted by atomic mass is 35.5. The summed E-state index contributed by atoms with van der Waals surface area (Å²) in [5.74, 6) is -0.836. The minimum atomic E-state index is -0.437. The first-order chi connectivity index (χ1) is 14.0. The number of nitrogens with one attached hydrogen (secondary N) is 1. The molecule has 144 valence electrons. The lowest BCUT2D eigenvalue weighted by atomic mass is 10.0. The lowest BCUT2D eigenvalue weighted by Gasteiger charge is -2.15. The third-order valence-electron chi connectivity index (χ3n) is 4.67. The molecular formula is C23H16Cl2N2O2. The number of carbonyl (C=O) groups is 2. The van der Waals surface area contributed by atoms with Gasteiger partial charge in [0.2, 0.25) is 0 Å². The number of carbonyl (C=O) groups excluding carboxylic acids is 2. The van der Waals surface area contributed by atoms with Crippen LogP contribution in [-0.4, -0.2) is 11.8 Å². The summed E-state index contributed by atoms with van der Waals surface area (Å²) in [5.41, 5.74) is 3.17. The maximum absolute atomic E-state index is 13.3. The fraction of sp³-hybridized carbons (Fsp3) is 0.0435. The number of rotatable bonds is 4. The molecule has 3 aromatic carbocycles. The molecule has 29 heavy (non-hydrogen) atoms. The second-order valence-corrected chi connectivity index (χ2v) is 7.47. The molecule has 0 radical (unpaired) electrons. The molecule has 2 amide bonds. The van der Waals surface area contributed by atoms with Gasteiger partial charge in [-0.2, -0.15) is 0 Å². The van der Waals surface area contributed by atoms with Gasteiger partial charge >= 0.3 is 0 Å². The number of halogens is 2. The lowest BCUT2D eigenvalue weighted by molar-refractivity contribution is -0.120. The Kier molecular flexibility index (Phi) is 5.14. The third-order valence-corrected chi connectivity index (χ3v) is 5.33. The summed E-state index contributed by atoms with van der Waals surface area (Å²) < 4.78 is 0. The van der Waals surface area contributed by atoms with E-state index in [1.54, 1.807) is 42.5 Å². The van der Waals surface area contributed by atoms with E-state index in [0.29, 0.717) is 32.6 Å². The number of imide groups is 1. The Morgan fingerprint density at radius 3 is 2.17 bits per heavy atom. The first kappa shape index (κ1) is 19.2. The first-order valence-electron chi connectivity index (χ1n) is 8.93. The van der Waals surface area contributed by atoms with Crippen LogP contribution in [0.1, 0.15) is 11.1 Å². The van der Waals surface area contributed by atoms with E-state index >= 15 is 0 Å². The molecule has 1 N–H and O–H groups in total. The fourth-order valence-corrected chi connectivity index (χ4v) is 3.46. The Morgan fingerprint density at radius 1 is 0.828 bits per heavy atom. The van der Waals surface area contributed by atoms with Crippen molar-refractivity contribution >= 4 is 52.0 Å². The van der Waals surface area contributed by atoms with Gasteiger partial charge in [-0.1, -0.05) is 59.6 Å². The zero-order valence-corrected chi connectivity index (χ0v) is 17.0. The van der Waals surface area contributed by atoms with Gasteiger partial charge in [0.25, 0.3) is 11.8 Å². The number of benzene rings is 3. The summed E-state index contributed by atoms with van der Waals surface area (Å²) in [4.78, 5) is 27.7. The molecule has 1 aliphatic heterocycles. The molecule has 4 nitrogen and oxygen atoms in total. The highest BCUT2D eigenvalue weighted by Gasteiger charge is 2.40. The van der Waals surface area contributed by atoms with Gasteiger partial charge in [-0.25, -0.2) is 4.90 Å². The van der Waals surface area contributed by atoms with Gasteiger partial charge < -0.3 is 5.32 Å². The van der Waals surface area contributed by atoms with Crippen molar-refractivity contribution in [3.05, 3.63) is 99.7 Å². The maximum Gasteiger partial charge on any atom is 0.282 e. The summed E-state index contributed by atoms with van der Waals surface area (Å²) >= 11 is 12.2. The molecule has 0 saturated carbocycles. The standard InChI is InChI=1S/C23H16Cl2N2O2/c1-14-7-10-17(13-19(14)25)26-21-20(15-5-3-2-4-6-15)22(28)27(23(21)29)18-11-8-16(24)9-12-18/h2-13,26H,1H3. The molecule has 3 aromatic rings.